The molecule has 4 heteroatoms. The van der Waals surface area contributed by atoms with Crippen LogP contribution in [0.3, 0.4) is 0 Å². The van der Waals surface area contributed by atoms with Crippen LogP contribution in [0.4, 0.5) is 0 Å². The van der Waals surface area contributed by atoms with Gasteiger partial charge in [0.05, 0.1) is 0 Å². The maximum absolute atomic E-state index is 10.9. The van der Waals surface area contributed by atoms with E-state index in [0.717, 1.165) is 19.6 Å². The molecule has 0 aliphatic carbocycles. The Bertz CT molecular complexity index is 381. The summed E-state index contributed by atoms with van der Waals surface area (Å²) in [6.45, 7) is 2.69. The van der Waals surface area contributed by atoms with Crippen LogP contribution in [0.25, 0.3) is 0 Å². The molecule has 1 unspecified atom stereocenters. The van der Waals surface area contributed by atoms with Gasteiger partial charge in [-0.15, -0.1) is 0 Å². The molecule has 2 rings (SSSR count). The van der Waals surface area contributed by atoms with Gasteiger partial charge in [-0.1, -0.05) is 24.3 Å². The van der Waals surface area contributed by atoms with Gasteiger partial charge in [-0.05, 0) is 24.6 Å². The predicted molar refractivity (Wildman–Crippen MR) is 65.7 cm³/mol. The van der Waals surface area contributed by atoms with Gasteiger partial charge in [0, 0.05) is 19.6 Å². The van der Waals surface area contributed by atoms with Crippen molar-refractivity contribution in [3.63, 3.8) is 0 Å². The highest BCUT2D eigenvalue weighted by Crippen LogP contribution is 2.22. The molecule has 4 nitrogen and oxygen atoms in total. The van der Waals surface area contributed by atoms with Gasteiger partial charge in [-0.2, -0.15) is 0 Å². The van der Waals surface area contributed by atoms with E-state index in [-0.39, 0.29) is 0 Å². The van der Waals surface area contributed by atoms with E-state index in [2.05, 4.69) is 34.5 Å². The zero-order valence-corrected chi connectivity index (χ0v) is 10.0. The summed E-state index contributed by atoms with van der Waals surface area (Å²) in [6, 6.07) is 7.94. The third-order valence-corrected chi connectivity index (χ3v) is 3.29. The molecule has 1 heterocycles. The summed E-state index contributed by atoms with van der Waals surface area (Å²) in [5.74, 6) is -0.774. The first kappa shape index (κ1) is 12.1. The molecule has 17 heavy (non-hydrogen) atoms. The Balaban J connectivity index is 1.86. The van der Waals surface area contributed by atoms with Gasteiger partial charge in [0.1, 0.15) is 6.04 Å². The molecule has 1 aromatic carbocycles. The number of nitrogens with one attached hydrogen (secondary N) is 1. The Morgan fingerprint density at radius 1 is 1.41 bits per heavy atom. The number of benzene rings is 1. The van der Waals surface area contributed by atoms with E-state index in [1.807, 2.05) is 0 Å². The number of carboxylic acid groups (broad SMARTS) is 1. The summed E-state index contributed by atoms with van der Waals surface area (Å²) >= 11 is 0. The number of hydrogen-bond donors (Lipinski definition) is 2. The summed E-state index contributed by atoms with van der Waals surface area (Å²) in [4.78, 5) is 13.2. The van der Waals surface area contributed by atoms with Crippen molar-refractivity contribution in [2.75, 3.05) is 13.6 Å². The van der Waals surface area contributed by atoms with Crippen molar-refractivity contribution in [3.8, 4) is 0 Å². The lowest BCUT2D eigenvalue weighted by Gasteiger charge is -2.17. The van der Waals surface area contributed by atoms with Crippen LogP contribution < -0.4 is 5.32 Å². The van der Waals surface area contributed by atoms with E-state index in [0.29, 0.717) is 6.42 Å². The molecule has 0 spiro atoms. The molecule has 0 bridgehead atoms. The fourth-order valence-corrected chi connectivity index (χ4v) is 2.26. The second-order valence-electron chi connectivity index (χ2n) is 4.45. The van der Waals surface area contributed by atoms with E-state index < -0.39 is 12.0 Å². The molecular formula is C13H18N2O2. The molecule has 1 aliphatic heterocycles. The van der Waals surface area contributed by atoms with Gasteiger partial charge < -0.3 is 10.4 Å². The standard InChI is InChI=1S/C13H18N2O2/c1-14-12(13(16)17)6-7-15-8-10-4-2-3-5-11(10)9-15/h2-5,12,14H,6-9H2,1H3,(H,16,17). The normalized spacial score (nSPS) is 16.8. The summed E-state index contributed by atoms with van der Waals surface area (Å²) in [7, 11) is 1.69. The van der Waals surface area contributed by atoms with Crippen molar-refractivity contribution in [2.24, 2.45) is 0 Å². The third kappa shape index (κ3) is 2.84. The van der Waals surface area contributed by atoms with Crippen LogP contribution in [0, 0.1) is 0 Å². The molecule has 1 aliphatic rings. The van der Waals surface area contributed by atoms with E-state index in [9.17, 15) is 4.79 Å². The first-order valence-electron chi connectivity index (χ1n) is 5.90. The van der Waals surface area contributed by atoms with Crippen LogP contribution in [0.2, 0.25) is 0 Å². The monoisotopic (exact) mass is 234 g/mol. The molecule has 92 valence electrons. The molecule has 0 radical (unpaired) electrons. The van der Waals surface area contributed by atoms with Crippen LogP contribution in [0.1, 0.15) is 17.5 Å². The fraction of sp³-hybridized carbons (Fsp3) is 0.462. The molecule has 2 N–H and O–H groups in total. The SMILES string of the molecule is CNC(CCN1Cc2ccccc2C1)C(=O)O. The lowest BCUT2D eigenvalue weighted by Crippen LogP contribution is -2.36. The number of carbonyl (C=O) groups is 1. The molecule has 0 saturated heterocycles. The van der Waals surface area contributed by atoms with Crippen molar-refractivity contribution in [3.05, 3.63) is 35.4 Å². The smallest absolute Gasteiger partial charge is 0.320 e. The topological polar surface area (TPSA) is 52.6 Å². The van der Waals surface area contributed by atoms with Crippen LogP contribution in [0.15, 0.2) is 24.3 Å². The first-order chi connectivity index (χ1) is 8.20. The second-order valence-corrected chi connectivity index (χ2v) is 4.45. The van der Waals surface area contributed by atoms with Crippen molar-refractivity contribution < 1.29 is 9.90 Å². The van der Waals surface area contributed by atoms with Crippen LogP contribution in [-0.2, 0) is 17.9 Å². The summed E-state index contributed by atoms with van der Waals surface area (Å²) in [6.07, 6.45) is 0.639. The van der Waals surface area contributed by atoms with Gasteiger partial charge in [0.25, 0.3) is 0 Å². The minimum absolute atomic E-state index is 0.446. The number of nitrogens with zero attached hydrogens (tertiary/aromatic N) is 1. The van der Waals surface area contributed by atoms with Crippen molar-refractivity contribution in [1.82, 2.24) is 10.2 Å². The van der Waals surface area contributed by atoms with Gasteiger partial charge >= 0.3 is 5.97 Å². The van der Waals surface area contributed by atoms with Crippen LogP contribution >= 0.6 is 0 Å². The van der Waals surface area contributed by atoms with E-state index in [4.69, 9.17) is 5.11 Å². The van der Waals surface area contributed by atoms with E-state index in [1.54, 1.807) is 7.05 Å². The Morgan fingerprint density at radius 3 is 2.47 bits per heavy atom. The van der Waals surface area contributed by atoms with Crippen molar-refractivity contribution in [1.29, 1.82) is 0 Å². The number of hydrogen-bond acceptors (Lipinski definition) is 3. The maximum atomic E-state index is 10.9. The molecule has 0 saturated carbocycles. The zero-order valence-electron chi connectivity index (χ0n) is 10.0. The average molecular weight is 234 g/mol. The maximum Gasteiger partial charge on any atom is 0.320 e. The lowest BCUT2D eigenvalue weighted by atomic mass is 10.1. The highest BCUT2D eigenvalue weighted by Gasteiger charge is 2.21. The highest BCUT2D eigenvalue weighted by atomic mass is 16.4. The molecular weight excluding hydrogens is 216 g/mol. The summed E-state index contributed by atoms with van der Waals surface area (Å²) in [5.41, 5.74) is 2.73. The molecule has 0 fully saturated rings. The Labute approximate surface area is 101 Å². The Hall–Kier alpha value is -1.39. The first-order valence-corrected chi connectivity index (χ1v) is 5.90. The number of carboxylic acids is 1. The molecule has 0 amide bonds. The second kappa shape index (κ2) is 5.29. The van der Waals surface area contributed by atoms with Gasteiger partial charge in [-0.3, -0.25) is 9.69 Å². The number of fused-ring (bicyclic) bond motifs is 1. The summed E-state index contributed by atoms with van der Waals surface area (Å²) < 4.78 is 0. The largest absolute Gasteiger partial charge is 0.480 e. The minimum Gasteiger partial charge on any atom is -0.480 e. The highest BCUT2D eigenvalue weighted by molar-refractivity contribution is 5.73. The van der Waals surface area contributed by atoms with E-state index in [1.165, 1.54) is 11.1 Å². The third-order valence-electron chi connectivity index (χ3n) is 3.29. The fourth-order valence-electron chi connectivity index (χ4n) is 2.26. The molecule has 1 atom stereocenters. The van der Waals surface area contributed by atoms with Gasteiger partial charge in [-0.25, -0.2) is 0 Å². The molecule has 0 aromatic heterocycles. The van der Waals surface area contributed by atoms with E-state index >= 15 is 0 Å². The van der Waals surface area contributed by atoms with Crippen molar-refractivity contribution >= 4 is 5.97 Å². The van der Waals surface area contributed by atoms with Crippen LogP contribution in [0.5, 0.6) is 0 Å². The van der Waals surface area contributed by atoms with Crippen molar-refractivity contribution in [2.45, 2.75) is 25.6 Å². The number of aliphatic carboxylic acids is 1. The Kier molecular flexibility index (Phi) is 3.76. The Morgan fingerprint density at radius 2 is 2.00 bits per heavy atom. The number of likely N-dealkylation sites (N-methyl/N-ethyl adjacent to an activating group) is 1. The zero-order chi connectivity index (χ0) is 12.3. The summed E-state index contributed by atoms with van der Waals surface area (Å²) in [5, 5.41) is 11.8. The van der Waals surface area contributed by atoms with Crippen LogP contribution in [-0.4, -0.2) is 35.6 Å². The minimum atomic E-state index is -0.774. The molecule has 1 aromatic rings. The predicted octanol–water partition coefficient (Wildman–Crippen LogP) is 1.06. The van der Waals surface area contributed by atoms with Gasteiger partial charge in [0.2, 0.25) is 0 Å². The number of rotatable bonds is 5. The van der Waals surface area contributed by atoms with Gasteiger partial charge in [0.15, 0.2) is 0 Å². The quantitative estimate of drug-likeness (QED) is 0.800. The lowest BCUT2D eigenvalue weighted by molar-refractivity contribution is -0.139. The average Bonchev–Trinajstić information content (AvgIpc) is 2.71.